The van der Waals surface area contributed by atoms with E-state index in [1.807, 2.05) is 0 Å². The highest BCUT2D eigenvalue weighted by atomic mass is 35.5. The lowest BCUT2D eigenvalue weighted by atomic mass is 10.1. The molecule has 0 saturated heterocycles. The number of rotatable bonds is 5. The smallest absolute Gasteiger partial charge is 0.261 e. The number of imide groups is 1. The highest BCUT2D eigenvalue weighted by molar-refractivity contribution is 6.36. The van der Waals surface area contributed by atoms with Crippen LogP contribution in [0, 0.1) is 0 Å². The second kappa shape index (κ2) is 8.48. The molecule has 2 amide bonds. The summed E-state index contributed by atoms with van der Waals surface area (Å²) in [7, 11) is 0. The number of carbonyl (C=O) groups excluding carboxylic acids is 2. The summed E-state index contributed by atoms with van der Waals surface area (Å²) >= 11 is 24.8. The highest BCUT2D eigenvalue weighted by Gasteiger charge is 2.36. The minimum absolute atomic E-state index is 0.00282. The van der Waals surface area contributed by atoms with Crippen LogP contribution in [0.4, 0.5) is 5.69 Å². The summed E-state index contributed by atoms with van der Waals surface area (Å²) in [6.07, 6.45) is 0. The Morgan fingerprint density at radius 2 is 1.23 bits per heavy atom. The predicted octanol–water partition coefficient (Wildman–Crippen LogP) is 6.71. The lowest BCUT2D eigenvalue weighted by molar-refractivity contribution is 0.0642. The zero-order valence-corrected chi connectivity index (χ0v) is 18.4. The van der Waals surface area contributed by atoms with Crippen molar-refractivity contribution in [2.75, 3.05) is 5.32 Å². The van der Waals surface area contributed by atoms with E-state index in [-0.39, 0.29) is 12.5 Å². The quantitative estimate of drug-likeness (QED) is 0.413. The van der Waals surface area contributed by atoms with Gasteiger partial charge in [-0.2, -0.15) is 0 Å². The van der Waals surface area contributed by atoms with Crippen molar-refractivity contribution in [3.8, 4) is 0 Å². The Bertz CT molecular complexity index is 1140. The van der Waals surface area contributed by atoms with Crippen LogP contribution in [0.25, 0.3) is 0 Å². The van der Waals surface area contributed by atoms with Gasteiger partial charge in [0.1, 0.15) is 0 Å². The average molecular weight is 480 g/mol. The molecular formula is C22H14Cl4N2O2. The van der Waals surface area contributed by atoms with Crippen LogP contribution in [0.2, 0.25) is 20.1 Å². The van der Waals surface area contributed by atoms with E-state index in [2.05, 4.69) is 5.32 Å². The molecular weight excluding hydrogens is 466 g/mol. The Morgan fingerprint density at radius 1 is 0.700 bits per heavy atom. The van der Waals surface area contributed by atoms with Gasteiger partial charge >= 0.3 is 0 Å². The summed E-state index contributed by atoms with van der Waals surface area (Å²) in [4.78, 5) is 26.8. The van der Waals surface area contributed by atoms with Gasteiger partial charge in [-0.25, -0.2) is 0 Å². The Balaban J connectivity index is 1.56. The summed E-state index contributed by atoms with van der Waals surface area (Å²) < 4.78 is 0. The topological polar surface area (TPSA) is 49.4 Å². The lowest BCUT2D eigenvalue weighted by Gasteiger charge is -2.15. The lowest BCUT2D eigenvalue weighted by Crippen LogP contribution is -2.29. The summed E-state index contributed by atoms with van der Waals surface area (Å²) in [6, 6.07) is 15.3. The zero-order valence-electron chi connectivity index (χ0n) is 15.4. The number of halogens is 4. The van der Waals surface area contributed by atoms with E-state index in [4.69, 9.17) is 46.4 Å². The molecule has 3 aromatic carbocycles. The molecule has 1 heterocycles. The molecule has 0 atom stereocenters. The fourth-order valence-corrected chi connectivity index (χ4v) is 4.33. The van der Waals surface area contributed by atoms with Crippen LogP contribution in [0.3, 0.4) is 0 Å². The van der Waals surface area contributed by atoms with E-state index >= 15 is 0 Å². The molecule has 0 saturated carbocycles. The van der Waals surface area contributed by atoms with Gasteiger partial charge in [0.25, 0.3) is 11.8 Å². The third-order valence-corrected chi connectivity index (χ3v) is 6.30. The van der Waals surface area contributed by atoms with Gasteiger partial charge in [0.05, 0.1) is 17.7 Å². The molecule has 152 valence electrons. The second-order valence-corrected chi connectivity index (χ2v) is 8.34. The Labute approximate surface area is 193 Å². The van der Waals surface area contributed by atoms with Crippen LogP contribution in [-0.2, 0) is 13.1 Å². The molecule has 0 radical (unpaired) electrons. The van der Waals surface area contributed by atoms with Crippen LogP contribution in [0.1, 0.15) is 31.8 Å². The molecule has 4 rings (SSSR count). The van der Waals surface area contributed by atoms with Crippen LogP contribution in [-0.4, -0.2) is 16.7 Å². The van der Waals surface area contributed by atoms with Gasteiger partial charge in [0.15, 0.2) is 0 Å². The number of anilines is 1. The third kappa shape index (κ3) is 3.88. The SMILES string of the molecule is O=C1c2ccc(NCc3c(Cl)cccc3Cl)cc2C(=O)N1Cc1c(Cl)cccc1Cl. The van der Waals surface area contributed by atoms with Crippen molar-refractivity contribution in [2.45, 2.75) is 13.1 Å². The van der Waals surface area contributed by atoms with Gasteiger partial charge in [-0.05, 0) is 42.5 Å². The number of hydrogen-bond donors (Lipinski definition) is 1. The van der Waals surface area contributed by atoms with E-state index in [0.717, 1.165) is 10.5 Å². The molecule has 0 bridgehead atoms. The van der Waals surface area contributed by atoms with Crippen molar-refractivity contribution < 1.29 is 9.59 Å². The predicted molar refractivity (Wildman–Crippen MR) is 121 cm³/mol. The first-order valence-electron chi connectivity index (χ1n) is 8.96. The first-order valence-corrected chi connectivity index (χ1v) is 10.5. The number of nitrogens with zero attached hydrogens (tertiary/aromatic N) is 1. The number of fused-ring (bicyclic) bond motifs is 1. The van der Waals surface area contributed by atoms with E-state index in [1.54, 1.807) is 54.6 Å². The maximum Gasteiger partial charge on any atom is 0.261 e. The normalized spacial score (nSPS) is 13.0. The number of carbonyl (C=O) groups is 2. The fourth-order valence-electron chi connectivity index (χ4n) is 3.28. The van der Waals surface area contributed by atoms with Crippen molar-refractivity contribution in [1.82, 2.24) is 4.90 Å². The minimum atomic E-state index is -0.398. The molecule has 0 fully saturated rings. The van der Waals surface area contributed by atoms with Crippen LogP contribution < -0.4 is 5.32 Å². The van der Waals surface area contributed by atoms with Gasteiger partial charge in [-0.3, -0.25) is 14.5 Å². The van der Waals surface area contributed by atoms with E-state index < -0.39 is 5.91 Å². The zero-order chi connectivity index (χ0) is 21.4. The van der Waals surface area contributed by atoms with E-state index in [9.17, 15) is 9.59 Å². The Kier molecular flexibility index (Phi) is 5.94. The van der Waals surface area contributed by atoms with Crippen LogP contribution in [0.5, 0.6) is 0 Å². The molecule has 1 aliphatic rings. The van der Waals surface area contributed by atoms with Crippen molar-refractivity contribution in [3.05, 3.63) is 96.9 Å². The third-order valence-electron chi connectivity index (χ3n) is 4.88. The average Bonchev–Trinajstić information content (AvgIpc) is 2.94. The number of nitrogens with one attached hydrogen (secondary N) is 1. The monoisotopic (exact) mass is 478 g/mol. The molecule has 3 aromatic rings. The maximum atomic E-state index is 12.9. The largest absolute Gasteiger partial charge is 0.381 e. The summed E-state index contributed by atoms with van der Waals surface area (Å²) in [5, 5.41) is 5.09. The fraction of sp³-hybridized carbons (Fsp3) is 0.0909. The van der Waals surface area contributed by atoms with Crippen LogP contribution in [0.15, 0.2) is 54.6 Å². The molecule has 1 N–H and O–H groups in total. The van der Waals surface area contributed by atoms with Crippen molar-refractivity contribution >= 4 is 63.9 Å². The number of benzene rings is 3. The van der Waals surface area contributed by atoms with Gasteiger partial charge in [0.2, 0.25) is 0 Å². The maximum absolute atomic E-state index is 12.9. The molecule has 0 aliphatic carbocycles. The number of amides is 2. The summed E-state index contributed by atoms with van der Waals surface area (Å²) in [5.41, 5.74) is 2.60. The van der Waals surface area contributed by atoms with Gasteiger partial charge in [0, 0.05) is 43.4 Å². The van der Waals surface area contributed by atoms with Gasteiger partial charge < -0.3 is 5.32 Å². The van der Waals surface area contributed by atoms with Crippen molar-refractivity contribution in [1.29, 1.82) is 0 Å². The standard InChI is InChI=1S/C22H14Cl4N2O2/c23-17-3-1-4-18(24)15(17)10-27-12-7-8-13-14(9-12)22(30)28(21(13)29)11-16-19(25)5-2-6-20(16)26/h1-9,27H,10-11H2. The summed E-state index contributed by atoms with van der Waals surface area (Å²) in [6.45, 7) is 0.376. The molecule has 4 nitrogen and oxygen atoms in total. The van der Waals surface area contributed by atoms with Gasteiger partial charge in [-0.15, -0.1) is 0 Å². The van der Waals surface area contributed by atoms with Crippen LogP contribution >= 0.6 is 46.4 Å². The highest BCUT2D eigenvalue weighted by Crippen LogP contribution is 2.32. The molecule has 8 heteroatoms. The van der Waals surface area contributed by atoms with Crippen molar-refractivity contribution in [2.24, 2.45) is 0 Å². The molecule has 1 aliphatic heterocycles. The molecule has 0 aromatic heterocycles. The first kappa shape index (κ1) is 21.0. The molecule has 0 spiro atoms. The van der Waals surface area contributed by atoms with E-state index in [0.29, 0.717) is 49.0 Å². The summed E-state index contributed by atoms with van der Waals surface area (Å²) in [5.74, 6) is -0.780. The first-order chi connectivity index (χ1) is 14.4. The molecule has 0 unspecified atom stereocenters. The Hall–Kier alpha value is -2.24. The van der Waals surface area contributed by atoms with Gasteiger partial charge in [-0.1, -0.05) is 58.5 Å². The minimum Gasteiger partial charge on any atom is -0.381 e. The number of hydrogen-bond acceptors (Lipinski definition) is 3. The second-order valence-electron chi connectivity index (χ2n) is 6.71. The van der Waals surface area contributed by atoms with E-state index in [1.165, 1.54) is 0 Å². The Morgan fingerprint density at radius 3 is 1.83 bits per heavy atom. The molecule has 30 heavy (non-hydrogen) atoms. The van der Waals surface area contributed by atoms with Crippen molar-refractivity contribution in [3.63, 3.8) is 0 Å².